The van der Waals surface area contributed by atoms with Gasteiger partial charge >= 0.3 is 0 Å². The summed E-state index contributed by atoms with van der Waals surface area (Å²) in [5, 5.41) is 10.4. The van der Waals surface area contributed by atoms with Gasteiger partial charge in [0.25, 0.3) is 5.91 Å². The number of hydrogen-bond acceptors (Lipinski definition) is 4. The van der Waals surface area contributed by atoms with Gasteiger partial charge in [0, 0.05) is 10.6 Å². The molecular weight excluding hydrogens is 426 g/mol. The molecule has 2 N–H and O–H groups in total. The molecule has 160 valence electrons. The van der Waals surface area contributed by atoms with E-state index in [1.165, 1.54) is 17.3 Å². The molecule has 0 radical (unpaired) electrons. The Balaban J connectivity index is 1.55. The van der Waals surface area contributed by atoms with E-state index in [0.29, 0.717) is 22.0 Å². The summed E-state index contributed by atoms with van der Waals surface area (Å²) in [5.74, 6) is -0.533. The van der Waals surface area contributed by atoms with Crippen molar-refractivity contribution in [3.8, 4) is 5.69 Å². The molecule has 8 heteroatoms. The maximum Gasteiger partial charge on any atom is 0.251 e. The van der Waals surface area contributed by atoms with Gasteiger partial charge in [0.1, 0.15) is 12.7 Å². The van der Waals surface area contributed by atoms with Crippen LogP contribution in [0.5, 0.6) is 0 Å². The SMILES string of the molecule is O=C(CC(NC(=O)c1ccccc1)c1ccccc1)Nc1cc(Cl)ccc1-n1cncn1. The van der Waals surface area contributed by atoms with E-state index in [2.05, 4.69) is 20.7 Å². The molecule has 32 heavy (non-hydrogen) atoms. The van der Waals surface area contributed by atoms with Crippen LogP contribution in [0.4, 0.5) is 5.69 Å². The van der Waals surface area contributed by atoms with Crippen molar-refractivity contribution in [1.82, 2.24) is 20.1 Å². The molecule has 0 bridgehead atoms. The zero-order chi connectivity index (χ0) is 22.3. The van der Waals surface area contributed by atoms with E-state index in [9.17, 15) is 9.59 Å². The summed E-state index contributed by atoms with van der Waals surface area (Å²) in [6, 6.07) is 22.9. The summed E-state index contributed by atoms with van der Waals surface area (Å²) >= 11 is 6.15. The minimum absolute atomic E-state index is 0.0336. The Hall–Kier alpha value is -3.97. The fourth-order valence-electron chi connectivity index (χ4n) is 3.30. The minimum Gasteiger partial charge on any atom is -0.345 e. The van der Waals surface area contributed by atoms with Crippen molar-refractivity contribution >= 4 is 29.1 Å². The van der Waals surface area contributed by atoms with Crippen LogP contribution in [0.25, 0.3) is 5.69 Å². The van der Waals surface area contributed by atoms with E-state index in [-0.39, 0.29) is 18.2 Å². The third-order valence-corrected chi connectivity index (χ3v) is 5.07. The minimum atomic E-state index is -0.516. The van der Waals surface area contributed by atoms with Gasteiger partial charge in [0.15, 0.2) is 0 Å². The Morgan fingerprint density at radius 2 is 1.69 bits per heavy atom. The van der Waals surface area contributed by atoms with E-state index in [0.717, 1.165) is 5.56 Å². The number of amides is 2. The Morgan fingerprint density at radius 1 is 0.969 bits per heavy atom. The zero-order valence-electron chi connectivity index (χ0n) is 17.0. The Morgan fingerprint density at radius 3 is 2.38 bits per heavy atom. The topological polar surface area (TPSA) is 88.9 Å². The number of aromatic nitrogens is 3. The largest absolute Gasteiger partial charge is 0.345 e. The standard InChI is InChI=1S/C24H20ClN5O2/c25-19-11-12-22(30-16-26-15-27-30)21(13-19)28-23(31)14-20(17-7-3-1-4-8-17)29-24(32)18-9-5-2-6-10-18/h1-13,15-16,20H,14H2,(H,28,31)(H,29,32). The van der Waals surface area contributed by atoms with Crippen LogP contribution in [0.3, 0.4) is 0 Å². The molecule has 1 heterocycles. The fraction of sp³-hybridized carbons (Fsp3) is 0.0833. The second-order valence-corrected chi connectivity index (χ2v) is 7.49. The number of halogens is 1. The van der Waals surface area contributed by atoms with Gasteiger partial charge in [-0.3, -0.25) is 9.59 Å². The molecule has 1 atom stereocenters. The van der Waals surface area contributed by atoms with Crippen LogP contribution >= 0.6 is 11.6 Å². The van der Waals surface area contributed by atoms with Crippen molar-refractivity contribution in [2.24, 2.45) is 0 Å². The van der Waals surface area contributed by atoms with Crippen molar-refractivity contribution in [2.75, 3.05) is 5.32 Å². The lowest BCUT2D eigenvalue weighted by Gasteiger charge is -2.20. The molecule has 4 rings (SSSR count). The summed E-state index contributed by atoms with van der Waals surface area (Å²) in [5.41, 5.74) is 2.48. The summed E-state index contributed by atoms with van der Waals surface area (Å²) < 4.78 is 1.54. The van der Waals surface area contributed by atoms with E-state index >= 15 is 0 Å². The smallest absolute Gasteiger partial charge is 0.251 e. The molecule has 0 saturated carbocycles. The van der Waals surface area contributed by atoms with Crippen molar-refractivity contribution in [3.63, 3.8) is 0 Å². The number of nitrogens with zero attached hydrogens (tertiary/aromatic N) is 3. The van der Waals surface area contributed by atoms with E-state index in [4.69, 9.17) is 11.6 Å². The molecule has 7 nitrogen and oxygen atoms in total. The molecule has 0 aliphatic heterocycles. The van der Waals surface area contributed by atoms with Crippen LogP contribution in [-0.4, -0.2) is 26.6 Å². The Kier molecular flexibility index (Phi) is 6.57. The molecule has 0 saturated heterocycles. The molecule has 4 aromatic rings. The van der Waals surface area contributed by atoms with E-state index < -0.39 is 6.04 Å². The van der Waals surface area contributed by atoms with Gasteiger partial charge in [-0.2, -0.15) is 5.10 Å². The number of benzene rings is 3. The first-order valence-corrected chi connectivity index (χ1v) is 10.3. The molecule has 1 unspecified atom stereocenters. The molecule has 0 aliphatic rings. The van der Waals surface area contributed by atoms with Gasteiger partial charge in [-0.25, -0.2) is 9.67 Å². The van der Waals surface area contributed by atoms with Gasteiger partial charge in [-0.05, 0) is 35.9 Å². The van der Waals surface area contributed by atoms with Crippen molar-refractivity contribution in [3.05, 3.63) is 108 Å². The Labute approximate surface area is 190 Å². The number of hydrogen-bond donors (Lipinski definition) is 2. The van der Waals surface area contributed by atoms with Gasteiger partial charge in [-0.15, -0.1) is 0 Å². The van der Waals surface area contributed by atoms with Crippen molar-refractivity contribution in [1.29, 1.82) is 0 Å². The average Bonchev–Trinajstić information content (AvgIpc) is 3.34. The van der Waals surface area contributed by atoms with Crippen LogP contribution in [0.2, 0.25) is 5.02 Å². The number of anilines is 1. The number of nitrogens with one attached hydrogen (secondary N) is 2. The maximum atomic E-state index is 13.0. The first kappa shape index (κ1) is 21.3. The number of carbonyl (C=O) groups excluding carboxylic acids is 2. The van der Waals surface area contributed by atoms with E-state index in [1.54, 1.807) is 42.5 Å². The fourth-order valence-corrected chi connectivity index (χ4v) is 3.47. The first-order chi connectivity index (χ1) is 15.6. The lowest BCUT2D eigenvalue weighted by molar-refractivity contribution is -0.116. The molecule has 0 spiro atoms. The molecule has 0 fully saturated rings. The third-order valence-electron chi connectivity index (χ3n) is 4.83. The molecule has 0 aliphatic carbocycles. The highest BCUT2D eigenvalue weighted by Crippen LogP contribution is 2.25. The quantitative estimate of drug-likeness (QED) is 0.440. The Bertz CT molecular complexity index is 1200. The zero-order valence-corrected chi connectivity index (χ0v) is 17.7. The van der Waals surface area contributed by atoms with Gasteiger partial charge < -0.3 is 10.6 Å². The predicted molar refractivity (Wildman–Crippen MR) is 123 cm³/mol. The number of rotatable bonds is 7. The highest BCUT2D eigenvalue weighted by molar-refractivity contribution is 6.31. The van der Waals surface area contributed by atoms with Crippen LogP contribution < -0.4 is 10.6 Å². The van der Waals surface area contributed by atoms with Crippen molar-refractivity contribution < 1.29 is 9.59 Å². The normalized spacial score (nSPS) is 11.5. The summed E-state index contributed by atoms with van der Waals surface area (Å²) in [7, 11) is 0. The van der Waals surface area contributed by atoms with E-state index in [1.807, 2.05) is 36.4 Å². The molecular formula is C24H20ClN5O2. The summed E-state index contributed by atoms with van der Waals surface area (Å²) in [6.45, 7) is 0. The predicted octanol–water partition coefficient (Wildman–Crippen LogP) is 4.42. The van der Waals surface area contributed by atoms with Gasteiger partial charge in [0.05, 0.1) is 23.8 Å². The lowest BCUT2D eigenvalue weighted by Crippen LogP contribution is -2.31. The van der Waals surface area contributed by atoms with Crippen LogP contribution in [0, 0.1) is 0 Å². The maximum absolute atomic E-state index is 13.0. The average molecular weight is 446 g/mol. The first-order valence-electron chi connectivity index (χ1n) is 9.95. The lowest BCUT2D eigenvalue weighted by atomic mass is 10.0. The van der Waals surface area contributed by atoms with Crippen LogP contribution in [0.1, 0.15) is 28.4 Å². The van der Waals surface area contributed by atoms with Crippen molar-refractivity contribution in [2.45, 2.75) is 12.5 Å². The molecule has 2 amide bonds. The molecule has 1 aromatic heterocycles. The number of carbonyl (C=O) groups is 2. The summed E-state index contributed by atoms with van der Waals surface area (Å²) in [6.07, 6.45) is 2.97. The second kappa shape index (κ2) is 9.89. The van der Waals surface area contributed by atoms with Gasteiger partial charge in [-0.1, -0.05) is 60.1 Å². The summed E-state index contributed by atoms with van der Waals surface area (Å²) in [4.78, 5) is 29.7. The highest BCUT2D eigenvalue weighted by atomic mass is 35.5. The second-order valence-electron chi connectivity index (χ2n) is 7.06. The van der Waals surface area contributed by atoms with Gasteiger partial charge in [0.2, 0.25) is 5.91 Å². The third kappa shape index (κ3) is 5.19. The highest BCUT2D eigenvalue weighted by Gasteiger charge is 2.20. The van der Waals surface area contributed by atoms with Crippen LogP contribution in [0.15, 0.2) is 91.5 Å². The van der Waals surface area contributed by atoms with Crippen LogP contribution in [-0.2, 0) is 4.79 Å². The monoisotopic (exact) mass is 445 g/mol. The molecule has 3 aromatic carbocycles.